The van der Waals surface area contributed by atoms with Crippen molar-refractivity contribution in [3.63, 3.8) is 0 Å². The molecule has 0 fully saturated rings. The number of carbonyl (C=O) groups is 1. The summed E-state index contributed by atoms with van der Waals surface area (Å²) in [6.45, 7) is 6.13. The van der Waals surface area contributed by atoms with E-state index in [9.17, 15) is 20.0 Å². The minimum atomic E-state index is -1.07. The molecular weight excluding hydrogens is 362 g/mol. The van der Waals surface area contributed by atoms with Crippen molar-refractivity contribution in [1.82, 2.24) is 5.32 Å². The molecule has 0 bridgehead atoms. The molecule has 150 valence electrons. The molecule has 8 nitrogen and oxygen atoms in total. The Kier molecular flexibility index (Phi) is 7.31. The number of nitrogens with zero attached hydrogens (tertiary/aromatic N) is 2. The van der Waals surface area contributed by atoms with Crippen LogP contribution in [0, 0.1) is 10.1 Å². The van der Waals surface area contributed by atoms with Gasteiger partial charge in [0, 0.05) is 42.1 Å². The Morgan fingerprint density at radius 2 is 2.14 bits per heavy atom. The summed E-state index contributed by atoms with van der Waals surface area (Å²) in [4.78, 5) is 27.8. The highest BCUT2D eigenvalue weighted by Gasteiger charge is 2.33. The van der Waals surface area contributed by atoms with E-state index in [-0.39, 0.29) is 11.3 Å². The van der Waals surface area contributed by atoms with Crippen molar-refractivity contribution in [2.75, 3.05) is 6.61 Å². The Morgan fingerprint density at radius 3 is 2.79 bits per heavy atom. The monoisotopic (exact) mass is 387 g/mol. The van der Waals surface area contributed by atoms with Gasteiger partial charge >= 0.3 is 5.97 Å². The molecule has 1 aliphatic heterocycles. The molecule has 0 saturated heterocycles. The quantitative estimate of drug-likeness (QED) is 0.285. The number of allylic oxidation sites excluding steroid dienone is 3. The molecule has 1 unspecified atom stereocenters. The van der Waals surface area contributed by atoms with Crippen LogP contribution in [0.4, 0.5) is 5.69 Å². The minimum absolute atomic E-state index is 0.0769. The van der Waals surface area contributed by atoms with Gasteiger partial charge in [-0.25, -0.2) is 4.79 Å². The molecule has 1 heterocycles. The molecule has 0 aromatic heterocycles. The first-order chi connectivity index (χ1) is 13.4. The van der Waals surface area contributed by atoms with E-state index in [0.29, 0.717) is 24.3 Å². The third kappa shape index (κ3) is 4.97. The van der Waals surface area contributed by atoms with Crippen LogP contribution in [0.3, 0.4) is 0 Å². The highest BCUT2D eigenvalue weighted by molar-refractivity contribution is 5.91. The topological polar surface area (TPSA) is 114 Å². The molecule has 1 aromatic carbocycles. The van der Waals surface area contributed by atoms with Gasteiger partial charge < -0.3 is 15.3 Å². The normalized spacial score (nSPS) is 17.0. The number of non-ortho nitro benzene ring substituents is 1. The van der Waals surface area contributed by atoms with Crippen molar-refractivity contribution in [2.45, 2.75) is 46.0 Å². The smallest absolute Gasteiger partial charge is 0.334 e. The Bertz CT molecular complexity index is 842. The summed E-state index contributed by atoms with van der Waals surface area (Å²) in [6, 6.07) is 6.09. The van der Waals surface area contributed by atoms with Crippen LogP contribution in [-0.4, -0.2) is 28.8 Å². The molecule has 0 radical (unpaired) electrons. The summed E-state index contributed by atoms with van der Waals surface area (Å²) < 4.78 is 0. The molecule has 2 N–H and O–H groups in total. The van der Waals surface area contributed by atoms with Crippen molar-refractivity contribution in [3.05, 3.63) is 62.5 Å². The number of carboxylic acid groups (broad SMARTS) is 1. The molecule has 0 saturated carbocycles. The first-order valence-corrected chi connectivity index (χ1v) is 9.15. The number of nitrogens with one attached hydrogen (secondary N) is 1. The number of hydrogen-bond acceptors (Lipinski definition) is 6. The van der Waals surface area contributed by atoms with Crippen molar-refractivity contribution in [2.24, 2.45) is 5.16 Å². The summed E-state index contributed by atoms with van der Waals surface area (Å²) in [7, 11) is 0. The molecule has 1 atom stereocenters. The average Bonchev–Trinajstić information content (AvgIpc) is 2.65. The van der Waals surface area contributed by atoms with Gasteiger partial charge in [0.05, 0.1) is 10.5 Å². The summed E-state index contributed by atoms with van der Waals surface area (Å²) in [6.07, 6.45) is 3.87. The van der Waals surface area contributed by atoms with Crippen LogP contribution in [-0.2, 0) is 9.63 Å². The zero-order valence-electron chi connectivity index (χ0n) is 16.3. The zero-order valence-corrected chi connectivity index (χ0v) is 16.3. The largest absolute Gasteiger partial charge is 0.478 e. The highest BCUT2D eigenvalue weighted by atomic mass is 16.6. The number of unbranched alkanes of at least 4 members (excludes halogenated alkanes) is 1. The maximum Gasteiger partial charge on any atom is 0.334 e. The molecule has 1 aromatic rings. The fourth-order valence-corrected chi connectivity index (χ4v) is 3.23. The van der Waals surface area contributed by atoms with Crippen molar-refractivity contribution >= 4 is 17.9 Å². The molecule has 0 aliphatic carbocycles. The van der Waals surface area contributed by atoms with Crippen molar-refractivity contribution < 1.29 is 19.7 Å². The first kappa shape index (κ1) is 21.1. The van der Waals surface area contributed by atoms with Gasteiger partial charge in [-0.1, -0.05) is 30.6 Å². The molecule has 0 amide bonds. The third-order valence-electron chi connectivity index (χ3n) is 4.59. The van der Waals surface area contributed by atoms with Crippen LogP contribution in [0.25, 0.3) is 0 Å². The van der Waals surface area contributed by atoms with Crippen molar-refractivity contribution in [3.8, 4) is 0 Å². The predicted molar refractivity (Wildman–Crippen MR) is 106 cm³/mol. The van der Waals surface area contributed by atoms with Gasteiger partial charge in [0.25, 0.3) is 5.69 Å². The lowest BCUT2D eigenvalue weighted by Crippen LogP contribution is -2.28. The number of carboxylic acids is 1. The fourth-order valence-electron chi connectivity index (χ4n) is 3.23. The van der Waals surface area contributed by atoms with E-state index < -0.39 is 16.8 Å². The Hall–Kier alpha value is -3.16. The maximum atomic E-state index is 12.0. The molecule has 2 rings (SSSR count). The van der Waals surface area contributed by atoms with E-state index in [2.05, 4.69) is 17.4 Å². The lowest BCUT2D eigenvalue weighted by atomic mass is 9.79. The highest BCUT2D eigenvalue weighted by Crippen LogP contribution is 2.40. The summed E-state index contributed by atoms with van der Waals surface area (Å²) in [5.41, 5.74) is 2.75. The van der Waals surface area contributed by atoms with Gasteiger partial charge in [-0.05, 0) is 31.4 Å². The molecular formula is C20H25N3O5. The average molecular weight is 387 g/mol. The van der Waals surface area contributed by atoms with Gasteiger partial charge in [-0.2, -0.15) is 0 Å². The summed E-state index contributed by atoms with van der Waals surface area (Å²) in [5, 5.41) is 28.0. The van der Waals surface area contributed by atoms with Gasteiger partial charge in [-0.15, -0.1) is 0 Å². The van der Waals surface area contributed by atoms with E-state index in [1.54, 1.807) is 25.3 Å². The van der Waals surface area contributed by atoms with Gasteiger partial charge in [0.2, 0.25) is 0 Å². The second kappa shape index (κ2) is 9.68. The SMILES string of the molecule is CCCCON=CCC1=C(C)NC(C)=C(C(=O)O)C1c1cccc([N+](=O)[O-])c1. The molecule has 8 heteroatoms. The lowest BCUT2D eigenvalue weighted by Gasteiger charge is -2.30. The van der Waals surface area contributed by atoms with E-state index in [1.807, 2.05) is 6.92 Å². The number of dihydropyridines is 1. The third-order valence-corrected chi connectivity index (χ3v) is 4.59. The van der Waals surface area contributed by atoms with E-state index in [4.69, 9.17) is 4.84 Å². The summed E-state index contributed by atoms with van der Waals surface area (Å²) >= 11 is 0. The number of benzene rings is 1. The van der Waals surface area contributed by atoms with E-state index in [0.717, 1.165) is 24.1 Å². The number of hydrogen-bond donors (Lipinski definition) is 2. The number of nitro groups is 1. The number of rotatable bonds is 9. The van der Waals surface area contributed by atoms with Gasteiger partial charge in [0.15, 0.2) is 0 Å². The molecule has 0 spiro atoms. The van der Waals surface area contributed by atoms with Gasteiger partial charge in [0.1, 0.15) is 6.61 Å². The predicted octanol–water partition coefficient (Wildman–Crippen LogP) is 4.11. The molecule has 1 aliphatic rings. The second-order valence-electron chi connectivity index (χ2n) is 6.58. The van der Waals surface area contributed by atoms with Gasteiger partial charge in [-0.3, -0.25) is 10.1 Å². The van der Waals surface area contributed by atoms with E-state index >= 15 is 0 Å². The maximum absolute atomic E-state index is 12.0. The van der Waals surface area contributed by atoms with E-state index in [1.165, 1.54) is 12.1 Å². The first-order valence-electron chi connectivity index (χ1n) is 9.15. The Labute approximate surface area is 163 Å². The number of nitro benzene ring substituents is 1. The Balaban J connectivity index is 2.40. The summed E-state index contributed by atoms with van der Waals surface area (Å²) in [5.74, 6) is -1.68. The van der Waals surface area contributed by atoms with Crippen molar-refractivity contribution in [1.29, 1.82) is 0 Å². The molecule has 28 heavy (non-hydrogen) atoms. The van der Waals surface area contributed by atoms with Crippen LogP contribution in [0.15, 0.2) is 52.0 Å². The van der Waals surface area contributed by atoms with Crippen LogP contribution >= 0.6 is 0 Å². The number of aliphatic carboxylic acids is 1. The van der Waals surface area contributed by atoms with Crippen LogP contribution in [0.1, 0.15) is 51.5 Å². The van der Waals surface area contributed by atoms with Crippen LogP contribution in [0.5, 0.6) is 0 Å². The van der Waals surface area contributed by atoms with Crippen LogP contribution < -0.4 is 5.32 Å². The zero-order chi connectivity index (χ0) is 20.7. The fraction of sp³-hybridized carbons (Fsp3) is 0.400. The Morgan fingerprint density at radius 1 is 1.39 bits per heavy atom. The standard InChI is InChI=1S/C20H25N3O5/c1-4-5-11-28-21-10-9-17-13(2)22-14(3)18(20(24)25)19(17)15-7-6-8-16(12-15)23(26)27/h6-8,10,12,19,22H,4-5,9,11H2,1-3H3,(H,24,25). The second-order valence-corrected chi connectivity index (χ2v) is 6.58. The minimum Gasteiger partial charge on any atom is -0.478 e. The van der Waals surface area contributed by atoms with Crippen LogP contribution in [0.2, 0.25) is 0 Å². The number of oxime groups is 1. The lowest BCUT2D eigenvalue weighted by molar-refractivity contribution is -0.384.